The maximum absolute atomic E-state index is 5.92. The minimum absolute atomic E-state index is 0.484. The average Bonchev–Trinajstić information content (AvgIpc) is 2.89. The molecule has 0 atom stereocenters. The topological polar surface area (TPSA) is 71.7 Å². The zero-order valence-corrected chi connectivity index (χ0v) is 14.7. The Morgan fingerprint density at radius 2 is 2.04 bits per heavy atom. The second-order valence-corrected chi connectivity index (χ2v) is 6.09. The molecule has 2 rings (SSSR count). The van der Waals surface area contributed by atoms with Crippen LogP contribution < -0.4 is 10.6 Å². The van der Waals surface area contributed by atoms with Crippen LogP contribution in [0.2, 0.25) is 0 Å². The van der Waals surface area contributed by atoms with Gasteiger partial charge in [-0.3, -0.25) is 4.99 Å². The predicted octanol–water partition coefficient (Wildman–Crippen LogP) is 2.70. The lowest BCUT2D eigenvalue weighted by Crippen LogP contribution is -2.37. The maximum atomic E-state index is 5.92. The van der Waals surface area contributed by atoms with E-state index in [-0.39, 0.29) is 0 Å². The van der Waals surface area contributed by atoms with E-state index in [4.69, 9.17) is 9.15 Å². The van der Waals surface area contributed by atoms with Crippen molar-refractivity contribution in [3.05, 3.63) is 17.3 Å². The van der Waals surface area contributed by atoms with E-state index in [1.807, 2.05) is 13.8 Å². The smallest absolute Gasteiger partial charge is 0.214 e. The van der Waals surface area contributed by atoms with E-state index in [0.717, 1.165) is 37.0 Å². The Morgan fingerprint density at radius 1 is 1.26 bits per heavy atom. The summed E-state index contributed by atoms with van der Waals surface area (Å²) in [5.41, 5.74) is 0.935. The van der Waals surface area contributed by atoms with Gasteiger partial charge < -0.3 is 19.8 Å². The molecule has 6 heteroatoms. The summed E-state index contributed by atoms with van der Waals surface area (Å²) in [5.74, 6) is 2.31. The molecule has 1 saturated carbocycles. The molecule has 0 saturated heterocycles. The number of ether oxygens (including phenoxy) is 1. The summed E-state index contributed by atoms with van der Waals surface area (Å²) in [5, 5.41) is 6.50. The number of guanidine groups is 1. The number of aliphatic imine (C=N–C) groups is 1. The molecule has 0 bridgehead atoms. The van der Waals surface area contributed by atoms with Crippen molar-refractivity contribution >= 4 is 5.96 Å². The molecule has 1 fully saturated rings. The zero-order valence-electron chi connectivity index (χ0n) is 14.7. The minimum Gasteiger partial charge on any atom is -0.444 e. The molecule has 23 heavy (non-hydrogen) atoms. The largest absolute Gasteiger partial charge is 0.444 e. The highest BCUT2D eigenvalue weighted by atomic mass is 16.5. The van der Waals surface area contributed by atoms with Crippen LogP contribution in [0.25, 0.3) is 0 Å². The molecule has 130 valence electrons. The average molecular weight is 322 g/mol. The number of aromatic nitrogens is 1. The number of hydrogen-bond donors (Lipinski definition) is 2. The Morgan fingerprint density at radius 3 is 2.70 bits per heavy atom. The van der Waals surface area contributed by atoms with Crippen molar-refractivity contribution in [2.75, 3.05) is 20.2 Å². The Kier molecular flexibility index (Phi) is 7.39. The lowest BCUT2D eigenvalue weighted by molar-refractivity contribution is 0.0277. The fraction of sp³-hybridized carbons (Fsp3) is 0.765. The fourth-order valence-electron chi connectivity index (χ4n) is 2.76. The first kappa shape index (κ1) is 17.8. The van der Waals surface area contributed by atoms with Crippen LogP contribution in [0, 0.1) is 13.8 Å². The van der Waals surface area contributed by atoms with E-state index in [1.54, 1.807) is 7.05 Å². The molecule has 1 aromatic rings. The van der Waals surface area contributed by atoms with Crippen LogP contribution in [0.4, 0.5) is 0 Å². The molecule has 0 amide bonds. The molecule has 0 aliphatic heterocycles. The molecular formula is C17H30N4O2. The third-order valence-electron chi connectivity index (χ3n) is 4.22. The summed E-state index contributed by atoms with van der Waals surface area (Å²) in [6.07, 6.45) is 7.93. The summed E-state index contributed by atoms with van der Waals surface area (Å²) in [6.45, 7) is 6.06. The monoisotopic (exact) mass is 322 g/mol. The molecule has 0 aromatic carbocycles. The molecular weight excluding hydrogens is 292 g/mol. The summed E-state index contributed by atoms with van der Waals surface area (Å²) in [6, 6.07) is 0. The SMILES string of the molecule is CN=C(NCCCOC1CCCCC1)NCc1nc(C)c(C)o1. The standard InChI is InChI=1S/C17H30N4O2/c1-13-14(2)23-16(21-13)12-20-17(18-3)19-10-7-11-22-15-8-5-4-6-9-15/h15H,4-12H2,1-3H3,(H2,18,19,20). The van der Waals surface area contributed by atoms with Gasteiger partial charge in [-0.15, -0.1) is 0 Å². The van der Waals surface area contributed by atoms with Gasteiger partial charge in [-0.25, -0.2) is 4.98 Å². The minimum atomic E-state index is 0.484. The molecule has 1 heterocycles. The number of nitrogens with zero attached hydrogens (tertiary/aromatic N) is 2. The Hall–Kier alpha value is -1.56. The maximum Gasteiger partial charge on any atom is 0.214 e. The van der Waals surface area contributed by atoms with E-state index in [2.05, 4.69) is 20.6 Å². The fourth-order valence-corrected chi connectivity index (χ4v) is 2.76. The first-order valence-corrected chi connectivity index (χ1v) is 8.68. The first-order chi connectivity index (χ1) is 11.2. The van der Waals surface area contributed by atoms with E-state index >= 15 is 0 Å². The molecule has 0 spiro atoms. The van der Waals surface area contributed by atoms with Gasteiger partial charge in [0.2, 0.25) is 5.89 Å². The summed E-state index contributed by atoms with van der Waals surface area (Å²) in [7, 11) is 1.76. The molecule has 1 aliphatic carbocycles. The number of aryl methyl sites for hydroxylation is 2. The first-order valence-electron chi connectivity index (χ1n) is 8.68. The van der Waals surface area contributed by atoms with Gasteiger partial charge in [-0.05, 0) is 33.1 Å². The van der Waals surface area contributed by atoms with Crippen LogP contribution in [-0.4, -0.2) is 37.2 Å². The van der Waals surface area contributed by atoms with Crippen LogP contribution in [0.1, 0.15) is 55.9 Å². The lowest BCUT2D eigenvalue weighted by atomic mass is 9.98. The summed E-state index contributed by atoms with van der Waals surface area (Å²) in [4.78, 5) is 8.55. The second-order valence-electron chi connectivity index (χ2n) is 6.09. The van der Waals surface area contributed by atoms with Crippen LogP contribution in [-0.2, 0) is 11.3 Å². The van der Waals surface area contributed by atoms with Gasteiger partial charge in [0.15, 0.2) is 5.96 Å². The Labute approximate surface area is 139 Å². The number of hydrogen-bond acceptors (Lipinski definition) is 4. The van der Waals surface area contributed by atoms with Crippen molar-refractivity contribution in [1.82, 2.24) is 15.6 Å². The van der Waals surface area contributed by atoms with Crippen molar-refractivity contribution in [3.8, 4) is 0 Å². The van der Waals surface area contributed by atoms with E-state index in [0.29, 0.717) is 18.5 Å². The summed E-state index contributed by atoms with van der Waals surface area (Å²) < 4.78 is 11.5. The van der Waals surface area contributed by atoms with Gasteiger partial charge in [0.25, 0.3) is 0 Å². The predicted molar refractivity (Wildman–Crippen MR) is 91.6 cm³/mol. The quantitative estimate of drug-likeness (QED) is 0.459. The molecule has 1 aliphatic rings. The molecule has 6 nitrogen and oxygen atoms in total. The number of oxazole rings is 1. The van der Waals surface area contributed by atoms with E-state index in [1.165, 1.54) is 32.1 Å². The van der Waals surface area contributed by atoms with Crippen LogP contribution in [0.15, 0.2) is 9.41 Å². The highest BCUT2D eigenvalue weighted by molar-refractivity contribution is 5.79. The van der Waals surface area contributed by atoms with E-state index < -0.39 is 0 Å². The van der Waals surface area contributed by atoms with Gasteiger partial charge in [-0.2, -0.15) is 0 Å². The van der Waals surface area contributed by atoms with Crippen molar-refractivity contribution in [1.29, 1.82) is 0 Å². The Bertz CT molecular complexity index is 473. The summed E-state index contributed by atoms with van der Waals surface area (Å²) >= 11 is 0. The Balaban J connectivity index is 1.57. The van der Waals surface area contributed by atoms with Crippen LogP contribution in [0.3, 0.4) is 0 Å². The van der Waals surface area contributed by atoms with Gasteiger partial charge in [0.05, 0.1) is 18.3 Å². The van der Waals surface area contributed by atoms with E-state index in [9.17, 15) is 0 Å². The third-order valence-corrected chi connectivity index (χ3v) is 4.22. The molecule has 1 aromatic heterocycles. The van der Waals surface area contributed by atoms with Gasteiger partial charge in [-0.1, -0.05) is 19.3 Å². The number of nitrogens with one attached hydrogen (secondary N) is 2. The van der Waals surface area contributed by atoms with Crippen molar-refractivity contribution in [2.24, 2.45) is 4.99 Å². The highest BCUT2D eigenvalue weighted by Gasteiger charge is 2.13. The zero-order chi connectivity index (χ0) is 16.5. The molecule has 0 radical (unpaired) electrons. The van der Waals surface area contributed by atoms with Crippen LogP contribution >= 0.6 is 0 Å². The molecule has 0 unspecified atom stereocenters. The highest BCUT2D eigenvalue weighted by Crippen LogP contribution is 2.20. The number of rotatable bonds is 7. The molecule has 2 N–H and O–H groups in total. The lowest BCUT2D eigenvalue weighted by Gasteiger charge is -2.22. The van der Waals surface area contributed by atoms with Crippen molar-refractivity contribution in [3.63, 3.8) is 0 Å². The van der Waals surface area contributed by atoms with Gasteiger partial charge in [0.1, 0.15) is 5.76 Å². The van der Waals surface area contributed by atoms with Crippen LogP contribution in [0.5, 0.6) is 0 Å². The second kappa shape index (κ2) is 9.55. The van der Waals surface area contributed by atoms with Gasteiger partial charge >= 0.3 is 0 Å². The van der Waals surface area contributed by atoms with Gasteiger partial charge in [0, 0.05) is 20.2 Å². The van der Waals surface area contributed by atoms with Crippen molar-refractivity contribution in [2.45, 2.75) is 65.0 Å². The third kappa shape index (κ3) is 6.22. The van der Waals surface area contributed by atoms with Crippen molar-refractivity contribution < 1.29 is 9.15 Å². The normalized spacial score (nSPS) is 16.6.